The maximum atomic E-state index is 6.79. The lowest BCUT2D eigenvalue weighted by molar-refractivity contribution is -0.0879. The summed E-state index contributed by atoms with van der Waals surface area (Å²) >= 11 is 2.07. The maximum absolute atomic E-state index is 6.79. The smallest absolute Gasteiger partial charge is 0.0783 e. The molecule has 1 spiro atoms. The average molecular weight is 311 g/mol. The van der Waals surface area contributed by atoms with Crippen LogP contribution in [0.5, 0.6) is 0 Å². The number of ether oxygens (including phenoxy) is 1. The van der Waals surface area contributed by atoms with Crippen LogP contribution in [-0.4, -0.2) is 53.8 Å². The second-order valence-electron chi connectivity index (χ2n) is 7.95. The largest absolute Gasteiger partial charge is 0.374 e. The Kier molecular flexibility index (Phi) is 4.02. The zero-order valence-electron chi connectivity index (χ0n) is 13.3. The zero-order valence-corrected chi connectivity index (χ0v) is 14.1. The van der Waals surface area contributed by atoms with Gasteiger partial charge in [0.25, 0.3) is 0 Å². The van der Waals surface area contributed by atoms with Crippen molar-refractivity contribution in [2.45, 2.75) is 68.7 Å². The molecule has 4 heteroatoms. The van der Waals surface area contributed by atoms with E-state index in [0.29, 0.717) is 12.0 Å². The summed E-state index contributed by atoms with van der Waals surface area (Å²) in [5, 5.41) is 0. The van der Waals surface area contributed by atoms with E-state index < -0.39 is 0 Å². The zero-order chi connectivity index (χ0) is 14.4. The molecule has 120 valence electrons. The van der Waals surface area contributed by atoms with Gasteiger partial charge in [-0.15, -0.1) is 0 Å². The van der Waals surface area contributed by atoms with Crippen molar-refractivity contribution in [1.29, 1.82) is 0 Å². The quantitative estimate of drug-likeness (QED) is 0.850. The van der Waals surface area contributed by atoms with Crippen LogP contribution in [0.3, 0.4) is 0 Å². The standard InChI is InChI=1S/C17H30N2OS/c1-19-14-2-3-15(19)9-13(8-14)16(18)12-4-6-20-17(10-12)5-7-21-11-17/h12-16H,2-11,18H2,1H3. The molecule has 5 unspecified atom stereocenters. The minimum Gasteiger partial charge on any atom is -0.374 e. The van der Waals surface area contributed by atoms with Crippen LogP contribution in [0.2, 0.25) is 0 Å². The van der Waals surface area contributed by atoms with E-state index in [1.54, 1.807) is 0 Å². The third-order valence-corrected chi connectivity index (χ3v) is 8.04. The molecule has 0 aromatic rings. The molecule has 4 fully saturated rings. The van der Waals surface area contributed by atoms with Crippen LogP contribution < -0.4 is 5.73 Å². The molecule has 4 saturated heterocycles. The van der Waals surface area contributed by atoms with Crippen molar-refractivity contribution >= 4 is 11.8 Å². The number of nitrogens with two attached hydrogens (primary N) is 1. The van der Waals surface area contributed by atoms with Crippen molar-refractivity contribution in [2.75, 3.05) is 25.2 Å². The molecule has 0 amide bonds. The average Bonchev–Trinajstić information content (AvgIpc) is 2.99. The Bertz CT molecular complexity index is 371. The fraction of sp³-hybridized carbons (Fsp3) is 1.00. The lowest BCUT2D eigenvalue weighted by Crippen LogP contribution is -2.51. The van der Waals surface area contributed by atoms with Crippen LogP contribution >= 0.6 is 11.8 Å². The van der Waals surface area contributed by atoms with Gasteiger partial charge in [-0.05, 0) is 69.6 Å². The predicted molar refractivity (Wildman–Crippen MR) is 88.6 cm³/mol. The van der Waals surface area contributed by atoms with E-state index >= 15 is 0 Å². The molecule has 2 N–H and O–H groups in total. The van der Waals surface area contributed by atoms with E-state index in [1.165, 1.54) is 56.5 Å². The molecule has 0 radical (unpaired) electrons. The summed E-state index contributed by atoms with van der Waals surface area (Å²) in [6.45, 7) is 0.943. The van der Waals surface area contributed by atoms with Crippen molar-refractivity contribution < 1.29 is 4.74 Å². The Balaban J connectivity index is 1.41. The molecule has 4 aliphatic rings. The Hall–Kier alpha value is 0.230. The van der Waals surface area contributed by atoms with E-state index in [0.717, 1.165) is 24.6 Å². The summed E-state index contributed by atoms with van der Waals surface area (Å²) < 4.78 is 6.18. The summed E-state index contributed by atoms with van der Waals surface area (Å²) in [5.74, 6) is 3.94. The number of fused-ring (bicyclic) bond motifs is 2. The first-order chi connectivity index (χ1) is 10.2. The van der Waals surface area contributed by atoms with Gasteiger partial charge >= 0.3 is 0 Å². The van der Waals surface area contributed by atoms with Crippen molar-refractivity contribution in [3.8, 4) is 0 Å². The maximum Gasteiger partial charge on any atom is 0.0783 e. The van der Waals surface area contributed by atoms with Crippen LogP contribution in [-0.2, 0) is 4.74 Å². The van der Waals surface area contributed by atoms with Crippen LogP contribution in [0.1, 0.15) is 44.9 Å². The topological polar surface area (TPSA) is 38.5 Å². The van der Waals surface area contributed by atoms with E-state index in [9.17, 15) is 0 Å². The molecular weight excluding hydrogens is 280 g/mol. The summed E-state index contributed by atoms with van der Waals surface area (Å²) in [6.07, 6.45) is 9.15. The molecule has 0 aromatic carbocycles. The highest BCUT2D eigenvalue weighted by molar-refractivity contribution is 7.99. The number of rotatable bonds is 2. The molecule has 4 aliphatic heterocycles. The fourth-order valence-corrected chi connectivity index (χ4v) is 6.79. The molecular formula is C17H30N2OS. The normalized spacial score (nSPS) is 48.9. The minimum atomic E-state index is 0.190. The van der Waals surface area contributed by atoms with Crippen LogP contribution in [0.4, 0.5) is 0 Å². The van der Waals surface area contributed by atoms with Gasteiger partial charge in [0.1, 0.15) is 0 Å². The highest BCUT2D eigenvalue weighted by Gasteiger charge is 2.46. The SMILES string of the molecule is CN1C2CCC1CC(C(N)C1CCOC3(CCSC3)C1)C2. The van der Waals surface area contributed by atoms with Crippen molar-refractivity contribution in [2.24, 2.45) is 17.6 Å². The predicted octanol–water partition coefficient (Wildman–Crippen LogP) is 2.49. The molecule has 4 heterocycles. The van der Waals surface area contributed by atoms with Gasteiger partial charge in [0.2, 0.25) is 0 Å². The first-order valence-corrected chi connectivity index (χ1v) is 10.0. The molecule has 0 aliphatic carbocycles. The van der Waals surface area contributed by atoms with Crippen molar-refractivity contribution in [1.82, 2.24) is 4.90 Å². The number of thioether (sulfide) groups is 1. The van der Waals surface area contributed by atoms with E-state index in [4.69, 9.17) is 10.5 Å². The number of hydrogen-bond acceptors (Lipinski definition) is 4. The van der Waals surface area contributed by atoms with Gasteiger partial charge in [-0.2, -0.15) is 11.8 Å². The molecule has 3 nitrogen and oxygen atoms in total. The van der Waals surface area contributed by atoms with Gasteiger partial charge in [-0.3, -0.25) is 0 Å². The molecule has 5 atom stereocenters. The van der Waals surface area contributed by atoms with E-state index in [1.807, 2.05) is 0 Å². The highest BCUT2D eigenvalue weighted by Crippen LogP contribution is 2.45. The molecule has 0 aromatic heterocycles. The van der Waals surface area contributed by atoms with Gasteiger partial charge < -0.3 is 15.4 Å². The molecule has 2 bridgehead atoms. The minimum absolute atomic E-state index is 0.190. The van der Waals surface area contributed by atoms with E-state index in [-0.39, 0.29) is 5.60 Å². The van der Waals surface area contributed by atoms with Crippen LogP contribution in [0.25, 0.3) is 0 Å². The van der Waals surface area contributed by atoms with Crippen LogP contribution in [0, 0.1) is 11.8 Å². The number of hydrogen-bond donors (Lipinski definition) is 1. The van der Waals surface area contributed by atoms with E-state index in [2.05, 4.69) is 23.7 Å². The summed E-state index contributed by atoms with van der Waals surface area (Å²) in [5.41, 5.74) is 6.98. The first kappa shape index (κ1) is 14.8. The third kappa shape index (κ3) is 2.66. The Morgan fingerprint density at radius 1 is 1.19 bits per heavy atom. The lowest BCUT2D eigenvalue weighted by atomic mass is 9.74. The van der Waals surface area contributed by atoms with Gasteiger partial charge in [0.05, 0.1) is 5.60 Å². The first-order valence-electron chi connectivity index (χ1n) is 8.86. The highest BCUT2D eigenvalue weighted by atomic mass is 32.2. The van der Waals surface area contributed by atoms with Gasteiger partial charge in [0.15, 0.2) is 0 Å². The molecule has 21 heavy (non-hydrogen) atoms. The second-order valence-corrected chi connectivity index (χ2v) is 9.05. The van der Waals surface area contributed by atoms with Crippen molar-refractivity contribution in [3.63, 3.8) is 0 Å². The molecule has 0 saturated carbocycles. The fourth-order valence-electron chi connectivity index (χ4n) is 5.41. The van der Waals surface area contributed by atoms with Gasteiger partial charge in [-0.1, -0.05) is 0 Å². The summed E-state index contributed by atoms with van der Waals surface area (Å²) in [4.78, 5) is 2.63. The number of piperidine rings is 1. The van der Waals surface area contributed by atoms with Crippen molar-refractivity contribution in [3.05, 3.63) is 0 Å². The molecule has 4 rings (SSSR count). The Morgan fingerprint density at radius 3 is 2.62 bits per heavy atom. The van der Waals surface area contributed by atoms with Gasteiger partial charge in [0, 0.05) is 30.5 Å². The second kappa shape index (κ2) is 5.70. The monoisotopic (exact) mass is 310 g/mol. The summed E-state index contributed by atoms with van der Waals surface area (Å²) in [6, 6.07) is 2.04. The number of nitrogens with zero attached hydrogens (tertiary/aromatic N) is 1. The van der Waals surface area contributed by atoms with Crippen LogP contribution in [0.15, 0.2) is 0 Å². The van der Waals surface area contributed by atoms with Gasteiger partial charge in [-0.25, -0.2) is 0 Å². The Morgan fingerprint density at radius 2 is 1.95 bits per heavy atom. The Labute approximate surface area is 133 Å². The third-order valence-electron chi connectivity index (χ3n) is 6.82. The summed E-state index contributed by atoms with van der Waals surface area (Å²) in [7, 11) is 2.32. The lowest BCUT2D eigenvalue weighted by Gasteiger charge is -2.45.